The van der Waals surface area contributed by atoms with Crippen LogP contribution in [0.1, 0.15) is 50.4 Å². The fourth-order valence-electron chi connectivity index (χ4n) is 3.20. The van der Waals surface area contributed by atoms with Crippen LogP contribution in [-0.2, 0) is 4.79 Å². The number of aryl methyl sites for hydroxylation is 1. The van der Waals surface area contributed by atoms with Crippen molar-refractivity contribution >= 4 is 5.91 Å². The number of carbonyl (C=O) groups excluding carboxylic acids is 1. The molecule has 1 saturated carbocycles. The summed E-state index contributed by atoms with van der Waals surface area (Å²) in [5, 5.41) is 3.55. The Labute approximate surface area is 127 Å². The maximum Gasteiger partial charge on any atom is 0.241 e. The highest BCUT2D eigenvalue weighted by atomic mass is 16.2. The largest absolute Gasteiger partial charge is 0.322 e. The van der Waals surface area contributed by atoms with Gasteiger partial charge in [0, 0.05) is 6.54 Å². The first-order valence-corrected chi connectivity index (χ1v) is 8.19. The quantitative estimate of drug-likeness (QED) is 0.901. The molecule has 114 valence electrons. The molecule has 3 heteroatoms. The van der Waals surface area contributed by atoms with Crippen LogP contribution < -0.4 is 5.32 Å². The Kier molecular flexibility index (Phi) is 4.03. The fourth-order valence-corrected chi connectivity index (χ4v) is 3.20. The lowest BCUT2D eigenvalue weighted by molar-refractivity contribution is -0.130. The molecule has 1 aliphatic heterocycles. The lowest BCUT2D eigenvalue weighted by atomic mass is 10.0. The molecule has 3 nitrogen and oxygen atoms in total. The summed E-state index contributed by atoms with van der Waals surface area (Å²) in [4.78, 5) is 14.8. The Bertz CT molecular complexity index is 522. The standard InChI is InChI=1S/C18H26N2O/c1-12(2)16-18(21)20(10-9-14-7-8-14)17(19-16)15-6-4-5-13(3)11-15/h4-6,11-12,14,16-17,19H,7-10H2,1-3H3. The van der Waals surface area contributed by atoms with Gasteiger partial charge in [-0.05, 0) is 30.7 Å². The van der Waals surface area contributed by atoms with Crippen LogP contribution in [-0.4, -0.2) is 23.4 Å². The Morgan fingerprint density at radius 1 is 1.33 bits per heavy atom. The molecular formula is C18H26N2O. The lowest BCUT2D eigenvalue weighted by Gasteiger charge is -2.25. The van der Waals surface area contributed by atoms with Gasteiger partial charge in [-0.3, -0.25) is 10.1 Å². The van der Waals surface area contributed by atoms with Crippen molar-refractivity contribution < 1.29 is 4.79 Å². The summed E-state index contributed by atoms with van der Waals surface area (Å²) in [6.07, 6.45) is 3.89. The molecule has 2 fully saturated rings. The van der Waals surface area contributed by atoms with Gasteiger partial charge in [-0.1, -0.05) is 56.5 Å². The van der Waals surface area contributed by atoms with Gasteiger partial charge >= 0.3 is 0 Å². The van der Waals surface area contributed by atoms with E-state index in [9.17, 15) is 4.79 Å². The molecule has 1 heterocycles. The monoisotopic (exact) mass is 286 g/mol. The van der Waals surface area contributed by atoms with Crippen molar-refractivity contribution in [3.63, 3.8) is 0 Å². The number of amides is 1. The minimum atomic E-state index is -0.0466. The molecule has 2 aliphatic rings. The molecule has 1 aliphatic carbocycles. The second-order valence-corrected chi connectivity index (χ2v) is 6.97. The second-order valence-electron chi connectivity index (χ2n) is 6.97. The molecule has 21 heavy (non-hydrogen) atoms. The van der Waals surface area contributed by atoms with E-state index >= 15 is 0 Å². The lowest BCUT2D eigenvalue weighted by Crippen LogP contribution is -2.35. The van der Waals surface area contributed by atoms with Crippen molar-refractivity contribution in [1.82, 2.24) is 10.2 Å². The minimum Gasteiger partial charge on any atom is -0.322 e. The van der Waals surface area contributed by atoms with Gasteiger partial charge in [-0.25, -0.2) is 0 Å². The van der Waals surface area contributed by atoms with Crippen LogP contribution in [0.2, 0.25) is 0 Å². The van der Waals surface area contributed by atoms with Crippen molar-refractivity contribution in [3.8, 4) is 0 Å². The predicted molar refractivity (Wildman–Crippen MR) is 84.7 cm³/mol. The Hall–Kier alpha value is -1.35. The average molecular weight is 286 g/mol. The zero-order valence-corrected chi connectivity index (χ0v) is 13.3. The molecule has 1 saturated heterocycles. The van der Waals surface area contributed by atoms with Gasteiger partial charge in [0.05, 0.1) is 6.04 Å². The third kappa shape index (κ3) is 3.13. The van der Waals surface area contributed by atoms with E-state index in [4.69, 9.17) is 0 Å². The number of carbonyl (C=O) groups is 1. The Balaban J connectivity index is 1.81. The van der Waals surface area contributed by atoms with Crippen LogP contribution >= 0.6 is 0 Å². The molecule has 1 aromatic carbocycles. The Morgan fingerprint density at radius 3 is 2.71 bits per heavy atom. The molecular weight excluding hydrogens is 260 g/mol. The molecule has 1 N–H and O–H groups in total. The summed E-state index contributed by atoms with van der Waals surface area (Å²) in [6, 6.07) is 8.46. The normalized spacial score (nSPS) is 25.9. The van der Waals surface area contributed by atoms with Crippen molar-refractivity contribution in [1.29, 1.82) is 0 Å². The zero-order chi connectivity index (χ0) is 15.0. The van der Waals surface area contributed by atoms with E-state index < -0.39 is 0 Å². The summed E-state index contributed by atoms with van der Waals surface area (Å²) < 4.78 is 0. The summed E-state index contributed by atoms with van der Waals surface area (Å²) in [5.41, 5.74) is 2.46. The van der Waals surface area contributed by atoms with Crippen molar-refractivity contribution in [3.05, 3.63) is 35.4 Å². The van der Waals surface area contributed by atoms with Crippen LogP contribution in [0.4, 0.5) is 0 Å². The van der Waals surface area contributed by atoms with Gasteiger partial charge in [0.25, 0.3) is 0 Å². The molecule has 2 unspecified atom stereocenters. The molecule has 1 amide bonds. The van der Waals surface area contributed by atoms with E-state index in [-0.39, 0.29) is 18.1 Å². The highest BCUT2D eigenvalue weighted by Crippen LogP contribution is 2.35. The van der Waals surface area contributed by atoms with E-state index in [0.717, 1.165) is 18.9 Å². The van der Waals surface area contributed by atoms with Crippen LogP contribution in [0.25, 0.3) is 0 Å². The van der Waals surface area contributed by atoms with Crippen molar-refractivity contribution in [2.24, 2.45) is 11.8 Å². The van der Waals surface area contributed by atoms with Crippen molar-refractivity contribution in [2.75, 3.05) is 6.54 Å². The first kappa shape index (κ1) is 14.6. The maximum atomic E-state index is 12.7. The van der Waals surface area contributed by atoms with Gasteiger partial charge in [-0.15, -0.1) is 0 Å². The van der Waals surface area contributed by atoms with Crippen LogP contribution in [0.15, 0.2) is 24.3 Å². The summed E-state index contributed by atoms with van der Waals surface area (Å²) in [7, 11) is 0. The first-order valence-electron chi connectivity index (χ1n) is 8.19. The van der Waals surface area contributed by atoms with Crippen LogP contribution in [0.5, 0.6) is 0 Å². The highest BCUT2D eigenvalue weighted by molar-refractivity contribution is 5.84. The van der Waals surface area contributed by atoms with E-state index in [1.807, 2.05) is 0 Å². The Morgan fingerprint density at radius 2 is 2.10 bits per heavy atom. The van der Waals surface area contributed by atoms with E-state index in [1.165, 1.54) is 24.0 Å². The smallest absolute Gasteiger partial charge is 0.241 e. The van der Waals surface area contributed by atoms with Crippen LogP contribution in [0.3, 0.4) is 0 Å². The third-order valence-corrected chi connectivity index (χ3v) is 4.70. The van der Waals surface area contributed by atoms with E-state index in [0.29, 0.717) is 5.92 Å². The molecule has 0 aromatic heterocycles. The molecule has 0 radical (unpaired) electrons. The number of nitrogens with zero attached hydrogens (tertiary/aromatic N) is 1. The fraction of sp³-hybridized carbons (Fsp3) is 0.611. The number of hydrogen-bond donors (Lipinski definition) is 1. The topological polar surface area (TPSA) is 32.3 Å². The highest BCUT2D eigenvalue weighted by Gasteiger charge is 2.41. The number of hydrogen-bond acceptors (Lipinski definition) is 2. The maximum absolute atomic E-state index is 12.7. The van der Waals surface area contributed by atoms with Crippen LogP contribution in [0, 0.1) is 18.8 Å². The molecule has 1 aromatic rings. The summed E-state index contributed by atoms with van der Waals surface area (Å²) in [5.74, 6) is 1.46. The number of benzene rings is 1. The van der Waals surface area contributed by atoms with Gasteiger partial charge < -0.3 is 4.90 Å². The SMILES string of the molecule is Cc1cccc(C2NC(C(C)C)C(=O)N2CCC2CC2)c1. The average Bonchev–Trinajstić information content (AvgIpc) is 3.20. The van der Waals surface area contributed by atoms with Gasteiger partial charge in [0.15, 0.2) is 0 Å². The summed E-state index contributed by atoms with van der Waals surface area (Å²) in [6.45, 7) is 7.23. The number of rotatable bonds is 5. The molecule has 0 spiro atoms. The molecule has 3 rings (SSSR count). The van der Waals surface area contributed by atoms with E-state index in [2.05, 4.69) is 55.3 Å². The van der Waals surface area contributed by atoms with Gasteiger partial charge in [0.1, 0.15) is 6.17 Å². The minimum absolute atomic E-state index is 0.0450. The van der Waals surface area contributed by atoms with E-state index in [1.54, 1.807) is 0 Å². The van der Waals surface area contributed by atoms with Gasteiger partial charge in [0.2, 0.25) is 5.91 Å². The zero-order valence-electron chi connectivity index (χ0n) is 13.3. The molecule has 2 atom stereocenters. The third-order valence-electron chi connectivity index (χ3n) is 4.70. The van der Waals surface area contributed by atoms with Gasteiger partial charge in [-0.2, -0.15) is 0 Å². The molecule has 0 bridgehead atoms. The number of nitrogens with one attached hydrogen (secondary N) is 1. The first-order chi connectivity index (χ1) is 10.1. The van der Waals surface area contributed by atoms with Crippen molar-refractivity contribution in [2.45, 2.75) is 52.2 Å². The predicted octanol–water partition coefficient (Wildman–Crippen LogP) is 3.25. The summed E-state index contributed by atoms with van der Waals surface area (Å²) >= 11 is 0. The second kappa shape index (κ2) is 5.80.